The fourth-order valence-electron chi connectivity index (χ4n) is 1.11. The summed E-state index contributed by atoms with van der Waals surface area (Å²) in [6.45, 7) is 0. The summed E-state index contributed by atoms with van der Waals surface area (Å²) in [5.41, 5.74) is -1.24. The summed E-state index contributed by atoms with van der Waals surface area (Å²) >= 11 is 5.44. The van der Waals surface area contributed by atoms with Crippen molar-refractivity contribution in [2.45, 2.75) is 11.1 Å². The quantitative estimate of drug-likeness (QED) is 0.776. The van der Waals surface area contributed by atoms with Gasteiger partial charge in [0.1, 0.15) is 0 Å². The zero-order chi connectivity index (χ0) is 11.9. The number of hydrogen-bond donors (Lipinski definition) is 0. The second-order valence-corrected chi connectivity index (χ2v) is 5.25. The zero-order valence-electron chi connectivity index (χ0n) is 7.47. The SMILES string of the molecule is CS(=O)(=O)c1c(Cl)cccc1C(F)(F)F. The number of hydrogen-bond acceptors (Lipinski definition) is 2. The van der Waals surface area contributed by atoms with Crippen LogP contribution in [-0.2, 0) is 16.0 Å². The molecule has 0 aliphatic heterocycles. The molecule has 84 valence electrons. The molecule has 7 heteroatoms. The van der Waals surface area contributed by atoms with Gasteiger partial charge in [-0.15, -0.1) is 0 Å². The summed E-state index contributed by atoms with van der Waals surface area (Å²) in [5.74, 6) is 0. The molecule has 0 N–H and O–H groups in total. The van der Waals surface area contributed by atoms with Crippen molar-refractivity contribution in [2.75, 3.05) is 6.26 Å². The van der Waals surface area contributed by atoms with Gasteiger partial charge < -0.3 is 0 Å². The largest absolute Gasteiger partial charge is 0.417 e. The Morgan fingerprint density at radius 2 is 1.80 bits per heavy atom. The first-order valence-corrected chi connectivity index (χ1v) is 5.97. The molecule has 0 heterocycles. The van der Waals surface area contributed by atoms with E-state index in [9.17, 15) is 21.6 Å². The zero-order valence-corrected chi connectivity index (χ0v) is 9.04. The second kappa shape index (κ2) is 3.68. The Labute approximate surface area is 89.6 Å². The molecular formula is C8H6ClF3O2S. The van der Waals surface area contributed by atoms with Crippen LogP contribution >= 0.6 is 11.6 Å². The first-order chi connectivity index (χ1) is 6.64. The van der Waals surface area contributed by atoms with Crippen molar-refractivity contribution in [2.24, 2.45) is 0 Å². The van der Waals surface area contributed by atoms with E-state index in [2.05, 4.69) is 0 Å². The smallest absolute Gasteiger partial charge is 0.224 e. The van der Waals surface area contributed by atoms with Crippen LogP contribution in [0.2, 0.25) is 5.02 Å². The lowest BCUT2D eigenvalue weighted by Crippen LogP contribution is -2.12. The monoisotopic (exact) mass is 258 g/mol. The molecular weight excluding hydrogens is 253 g/mol. The Morgan fingerprint density at radius 1 is 1.27 bits per heavy atom. The van der Waals surface area contributed by atoms with Crippen molar-refractivity contribution in [1.29, 1.82) is 0 Å². The van der Waals surface area contributed by atoms with E-state index in [0.29, 0.717) is 12.3 Å². The molecule has 1 rings (SSSR count). The standard InChI is InChI=1S/C8H6ClF3O2S/c1-15(13,14)7-5(8(10,11)12)3-2-4-6(7)9/h2-4H,1H3. The summed E-state index contributed by atoms with van der Waals surface area (Å²) < 4.78 is 59.6. The Kier molecular flexibility index (Phi) is 3.02. The normalized spacial score (nSPS) is 12.9. The highest BCUT2D eigenvalue weighted by atomic mass is 35.5. The van der Waals surface area contributed by atoms with Crippen molar-refractivity contribution >= 4 is 21.4 Å². The van der Waals surface area contributed by atoms with Crippen LogP contribution < -0.4 is 0 Å². The third-order valence-corrected chi connectivity index (χ3v) is 3.25. The predicted molar refractivity (Wildman–Crippen MR) is 49.6 cm³/mol. The molecule has 15 heavy (non-hydrogen) atoms. The van der Waals surface area contributed by atoms with Crippen LogP contribution in [0.3, 0.4) is 0 Å². The number of rotatable bonds is 1. The van der Waals surface area contributed by atoms with Gasteiger partial charge in [-0.05, 0) is 12.1 Å². The topological polar surface area (TPSA) is 34.1 Å². The van der Waals surface area contributed by atoms with Gasteiger partial charge in [0.2, 0.25) is 0 Å². The van der Waals surface area contributed by atoms with Crippen LogP contribution in [0.1, 0.15) is 5.56 Å². The Morgan fingerprint density at radius 3 is 2.13 bits per heavy atom. The van der Waals surface area contributed by atoms with Crippen molar-refractivity contribution in [3.63, 3.8) is 0 Å². The van der Waals surface area contributed by atoms with Crippen molar-refractivity contribution in [3.8, 4) is 0 Å². The summed E-state index contributed by atoms with van der Waals surface area (Å²) in [6.07, 6.45) is -4.05. The highest BCUT2D eigenvalue weighted by Crippen LogP contribution is 2.37. The van der Waals surface area contributed by atoms with E-state index in [4.69, 9.17) is 11.6 Å². The first kappa shape index (κ1) is 12.3. The van der Waals surface area contributed by atoms with Gasteiger partial charge in [-0.2, -0.15) is 13.2 Å². The number of sulfone groups is 1. The van der Waals surface area contributed by atoms with Crippen LogP contribution in [0.15, 0.2) is 23.1 Å². The molecule has 0 aromatic heterocycles. The molecule has 0 amide bonds. The van der Waals surface area contributed by atoms with Crippen LogP contribution in [0.5, 0.6) is 0 Å². The molecule has 1 aromatic rings. The summed E-state index contributed by atoms with van der Waals surface area (Å²) in [7, 11) is -4.00. The molecule has 0 unspecified atom stereocenters. The van der Waals surface area contributed by atoms with Crippen molar-refractivity contribution in [1.82, 2.24) is 0 Å². The third-order valence-electron chi connectivity index (χ3n) is 1.64. The minimum absolute atomic E-state index is 0.424. The molecule has 1 aromatic carbocycles. The van der Waals surface area contributed by atoms with Crippen LogP contribution in [0, 0.1) is 0 Å². The van der Waals surface area contributed by atoms with Gasteiger partial charge in [-0.1, -0.05) is 17.7 Å². The summed E-state index contributed by atoms with van der Waals surface area (Å²) in [5, 5.41) is -0.424. The molecule has 0 radical (unpaired) electrons. The van der Waals surface area contributed by atoms with Crippen LogP contribution in [0.4, 0.5) is 13.2 Å². The number of halogens is 4. The van der Waals surface area contributed by atoms with Gasteiger partial charge in [0, 0.05) is 6.26 Å². The Bertz CT molecular complexity index is 479. The lowest BCUT2D eigenvalue weighted by atomic mass is 10.2. The van der Waals surface area contributed by atoms with Crippen LogP contribution in [0.25, 0.3) is 0 Å². The third kappa shape index (κ3) is 2.63. The summed E-state index contributed by atoms with van der Waals surface area (Å²) in [6, 6.07) is 2.84. The summed E-state index contributed by atoms with van der Waals surface area (Å²) in [4.78, 5) is -0.876. The maximum atomic E-state index is 12.4. The fraction of sp³-hybridized carbons (Fsp3) is 0.250. The van der Waals surface area contributed by atoms with Crippen molar-refractivity contribution < 1.29 is 21.6 Å². The average molecular weight is 259 g/mol. The molecule has 0 atom stereocenters. The molecule has 0 saturated carbocycles. The highest BCUT2D eigenvalue weighted by Gasteiger charge is 2.37. The second-order valence-electron chi connectivity index (χ2n) is 2.89. The van der Waals surface area contributed by atoms with Crippen LogP contribution in [-0.4, -0.2) is 14.7 Å². The van der Waals surface area contributed by atoms with Gasteiger partial charge in [0.15, 0.2) is 9.84 Å². The van der Waals surface area contributed by atoms with E-state index in [1.165, 1.54) is 0 Å². The Balaban J connectivity index is 3.63. The lowest BCUT2D eigenvalue weighted by molar-refractivity contribution is -0.139. The predicted octanol–water partition coefficient (Wildman–Crippen LogP) is 2.76. The van der Waals surface area contributed by atoms with E-state index in [-0.39, 0.29) is 0 Å². The molecule has 0 bridgehead atoms. The van der Waals surface area contributed by atoms with E-state index >= 15 is 0 Å². The van der Waals surface area contributed by atoms with Gasteiger partial charge in [-0.3, -0.25) is 0 Å². The highest BCUT2D eigenvalue weighted by molar-refractivity contribution is 7.90. The molecule has 0 fully saturated rings. The van der Waals surface area contributed by atoms with Gasteiger partial charge in [0.05, 0.1) is 15.5 Å². The van der Waals surface area contributed by atoms with Gasteiger partial charge in [-0.25, -0.2) is 8.42 Å². The van der Waals surface area contributed by atoms with E-state index in [1.807, 2.05) is 0 Å². The van der Waals surface area contributed by atoms with Gasteiger partial charge >= 0.3 is 6.18 Å². The van der Waals surface area contributed by atoms with Gasteiger partial charge in [0.25, 0.3) is 0 Å². The number of benzene rings is 1. The first-order valence-electron chi connectivity index (χ1n) is 3.70. The minimum atomic E-state index is -4.73. The van der Waals surface area contributed by atoms with E-state index in [0.717, 1.165) is 12.1 Å². The lowest BCUT2D eigenvalue weighted by Gasteiger charge is -2.12. The molecule has 0 saturated heterocycles. The molecule has 0 aliphatic carbocycles. The van der Waals surface area contributed by atoms with Crippen molar-refractivity contribution in [3.05, 3.63) is 28.8 Å². The molecule has 0 aliphatic rings. The maximum absolute atomic E-state index is 12.4. The van der Waals surface area contributed by atoms with E-state index < -0.39 is 31.5 Å². The molecule has 2 nitrogen and oxygen atoms in total. The number of alkyl halides is 3. The Hall–Kier alpha value is -0.750. The van der Waals surface area contributed by atoms with E-state index in [1.54, 1.807) is 0 Å². The average Bonchev–Trinajstić information content (AvgIpc) is 1.99. The maximum Gasteiger partial charge on any atom is 0.417 e. The molecule has 0 spiro atoms. The minimum Gasteiger partial charge on any atom is -0.224 e. The fourth-order valence-corrected chi connectivity index (χ4v) is 2.71.